The zero-order valence-electron chi connectivity index (χ0n) is 13.7. The molecule has 3 fully saturated rings. The maximum Gasteiger partial charge on any atom is 0.304 e. The molecule has 0 aromatic carbocycles. The van der Waals surface area contributed by atoms with Crippen molar-refractivity contribution in [3.8, 4) is 0 Å². The summed E-state index contributed by atoms with van der Waals surface area (Å²) in [6, 6.07) is 0.0427. The molecule has 0 aromatic rings. The number of nitrogens with zero attached hydrogens (tertiary/aromatic N) is 2. The summed E-state index contributed by atoms with van der Waals surface area (Å²) in [6.45, 7) is 3.14. The molecule has 3 rings (SSSR count). The molecule has 1 saturated carbocycles. The first-order chi connectivity index (χ1) is 10.9. The Morgan fingerprint density at radius 2 is 1.61 bits per heavy atom. The lowest BCUT2D eigenvalue weighted by Gasteiger charge is -2.45. The van der Waals surface area contributed by atoms with Crippen LogP contribution in [0.25, 0.3) is 0 Å². The predicted molar refractivity (Wildman–Crippen MR) is 88.2 cm³/mol. The summed E-state index contributed by atoms with van der Waals surface area (Å²) in [7, 11) is -3.00. The van der Waals surface area contributed by atoms with Crippen LogP contribution in [0.5, 0.6) is 0 Å². The van der Waals surface area contributed by atoms with Crippen LogP contribution < -0.4 is 0 Å². The van der Waals surface area contributed by atoms with Gasteiger partial charge in [-0.25, -0.2) is 8.42 Å². The number of fused-ring (bicyclic) bond motifs is 1. The van der Waals surface area contributed by atoms with E-state index in [1.807, 2.05) is 0 Å². The van der Waals surface area contributed by atoms with E-state index in [0.717, 1.165) is 19.6 Å². The lowest BCUT2D eigenvalue weighted by Crippen LogP contribution is -2.60. The molecule has 2 atom stereocenters. The van der Waals surface area contributed by atoms with Crippen molar-refractivity contribution in [2.45, 2.75) is 50.6 Å². The Bertz CT molecular complexity index is 530. The summed E-state index contributed by atoms with van der Waals surface area (Å²) in [5.41, 5.74) is 0. The first kappa shape index (κ1) is 17.2. The Morgan fingerprint density at radius 1 is 1.00 bits per heavy atom. The monoisotopic (exact) mass is 344 g/mol. The van der Waals surface area contributed by atoms with E-state index in [1.165, 1.54) is 32.1 Å². The van der Waals surface area contributed by atoms with Gasteiger partial charge < -0.3 is 5.11 Å². The van der Waals surface area contributed by atoms with Gasteiger partial charge in [0.25, 0.3) is 0 Å². The number of carboxylic acid groups (broad SMARTS) is 1. The molecule has 3 aliphatic rings. The van der Waals surface area contributed by atoms with Gasteiger partial charge in [-0.05, 0) is 18.8 Å². The average molecular weight is 344 g/mol. The van der Waals surface area contributed by atoms with Crippen LogP contribution in [-0.4, -0.2) is 79.1 Å². The molecular weight excluding hydrogens is 316 g/mol. The number of hydrogen-bond acceptors (Lipinski definition) is 5. The number of carboxylic acids is 1. The van der Waals surface area contributed by atoms with E-state index in [-0.39, 0.29) is 30.0 Å². The largest absolute Gasteiger partial charge is 0.481 e. The molecule has 23 heavy (non-hydrogen) atoms. The van der Waals surface area contributed by atoms with Gasteiger partial charge in [-0.1, -0.05) is 19.3 Å². The lowest BCUT2D eigenvalue weighted by molar-refractivity contribution is -0.137. The highest BCUT2D eigenvalue weighted by atomic mass is 32.2. The number of rotatable bonds is 5. The van der Waals surface area contributed by atoms with Crippen LogP contribution in [0.4, 0.5) is 0 Å². The van der Waals surface area contributed by atoms with Gasteiger partial charge in [-0.3, -0.25) is 14.6 Å². The van der Waals surface area contributed by atoms with Crippen LogP contribution in [0.2, 0.25) is 0 Å². The standard InChI is InChI=1S/C16H28N2O4S/c19-16(20)6-7-17-8-9-18(10-13-4-2-1-3-5-13)15-12-23(21,22)11-14(15)17/h13-15H,1-12H2,(H,19,20). The molecule has 2 heterocycles. The molecule has 0 aromatic heterocycles. The summed E-state index contributed by atoms with van der Waals surface area (Å²) in [4.78, 5) is 15.3. The van der Waals surface area contributed by atoms with Crippen molar-refractivity contribution in [2.24, 2.45) is 5.92 Å². The van der Waals surface area contributed by atoms with Crippen LogP contribution >= 0.6 is 0 Å². The molecule has 0 radical (unpaired) electrons. The summed E-state index contributed by atoms with van der Waals surface area (Å²) in [5, 5.41) is 8.90. The van der Waals surface area contributed by atoms with E-state index in [4.69, 9.17) is 5.11 Å². The number of piperazine rings is 1. The molecule has 2 saturated heterocycles. The third-order valence-electron chi connectivity index (χ3n) is 5.74. The second-order valence-electron chi connectivity index (χ2n) is 7.39. The number of aliphatic carboxylic acids is 1. The molecule has 6 nitrogen and oxygen atoms in total. The highest BCUT2D eigenvalue weighted by molar-refractivity contribution is 7.91. The second-order valence-corrected chi connectivity index (χ2v) is 9.54. The predicted octanol–water partition coefficient (Wildman–Crippen LogP) is 0.825. The Kier molecular flexibility index (Phi) is 5.28. The normalized spacial score (nSPS) is 32.7. The van der Waals surface area contributed by atoms with E-state index in [1.54, 1.807) is 0 Å². The van der Waals surface area contributed by atoms with Gasteiger partial charge in [0.15, 0.2) is 9.84 Å². The van der Waals surface area contributed by atoms with Gasteiger partial charge in [0.1, 0.15) is 0 Å². The molecule has 0 amide bonds. The minimum atomic E-state index is -3.00. The fraction of sp³-hybridized carbons (Fsp3) is 0.938. The van der Waals surface area contributed by atoms with Crippen LogP contribution in [0.15, 0.2) is 0 Å². The maximum atomic E-state index is 12.1. The van der Waals surface area contributed by atoms with Gasteiger partial charge in [0.2, 0.25) is 0 Å². The fourth-order valence-electron chi connectivity index (χ4n) is 4.54. The first-order valence-corrected chi connectivity index (χ1v) is 10.7. The Balaban J connectivity index is 1.66. The van der Waals surface area contributed by atoms with Gasteiger partial charge >= 0.3 is 5.97 Å². The summed E-state index contributed by atoms with van der Waals surface area (Å²) in [6.07, 6.45) is 6.56. The van der Waals surface area contributed by atoms with Crippen molar-refractivity contribution < 1.29 is 18.3 Å². The van der Waals surface area contributed by atoms with Crippen molar-refractivity contribution in [3.05, 3.63) is 0 Å². The van der Waals surface area contributed by atoms with E-state index in [2.05, 4.69) is 9.80 Å². The van der Waals surface area contributed by atoms with Crippen molar-refractivity contribution in [3.63, 3.8) is 0 Å². The highest BCUT2D eigenvalue weighted by Crippen LogP contribution is 2.30. The molecule has 0 spiro atoms. The van der Waals surface area contributed by atoms with Crippen molar-refractivity contribution in [2.75, 3.05) is 37.7 Å². The van der Waals surface area contributed by atoms with Crippen LogP contribution in [-0.2, 0) is 14.6 Å². The van der Waals surface area contributed by atoms with E-state index >= 15 is 0 Å². The van der Waals surface area contributed by atoms with Crippen LogP contribution in [0.1, 0.15) is 38.5 Å². The van der Waals surface area contributed by atoms with Gasteiger partial charge in [0.05, 0.1) is 17.9 Å². The molecule has 7 heteroatoms. The zero-order chi connectivity index (χ0) is 16.4. The lowest BCUT2D eigenvalue weighted by atomic mass is 9.88. The SMILES string of the molecule is O=C(O)CCN1CCN(CC2CCCCC2)C2CS(=O)(=O)CC21. The quantitative estimate of drug-likeness (QED) is 0.796. The van der Waals surface area contributed by atoms with E-state index < -0.39 is 15.8 Å². The minimum absolute atomic E-state index is 0.0170. The van der Waals surface area contributed by atoms with Gasteiger partial charge in [-0.15, -0.1) is 0 Å². The summed E-state index contributed by atoms with van der Waals surface area (Å²) in [5.74, 6) is 0.331. The topological polar surface area (TPSA) is 77.9 Å². The fourth-order valence-corrected chi connectivity index (χ4v) is 6.58. The number of sulfone groups is 1. The van der Waals surface area contributed by atoms with Crippen molar-refractivity contribution in [1.82, 2.24) is 9.80 Å². The van der Waals surface area contributed by atoms with Crippen molar-refractivity contribution in [1.29, 1.82) is 0 Å². The third-order valence-corrected chi connectivity index (χ3v) is 7.44. The van der Waals surface area contributed by atoms with E-state index in [0.29, 0.717) is 12.5 Å². The molecular formula is C16H28N2O4S. The zero-order valence-corrected chi connectivity index (χ0v) is 14.5. The van der Waals surface area contributed by atoms with Crippen LogP contribution in [0, 0.1) is 5.92 Å². The minimum Gasteiger partial charge on any atom is -0.481 e. The Labute approximate surface area is 138 Å². The van der Waals surface area contributed by atoms with Crippen LogP contribution in [0.3, 0.4) is 0 Å². The first-order valence-electron chi connectivity index (χ1n) is 8.85. The molecule has 1 aliphatic carbocycles. The number of hydrogen-bond donors (Lipinski definition) is 1. The third kappa shape index (κ3) is 4.25. The van der Waals surface area contributed by atoms with Crippen molar-refractivity contribution >= 4 is 15.8 Å². The molecule has 2 unspecified atom stereocenters. The molecule has 2 aliphatic heterocycles. The second kappa shape index (κ2) is 7.07. The smallest absolute Gasteiger partial charge is 0.304 e. The molecule has 0 bridgehead atoms. The average Bonchev–Trinajstić information content (AvgIpc) is 2.83. The highest BCUT2D eigenvalue weighted by Gasteiger charge is 2.46. The Hall–Kier alpha value is -0.660. The summed E-state index contributed by atoms with van der Waals surface area (Å²) >= 11 is 0. The Morgan fingerprint density at radius 3 is 2.26 bits per heavy atom. The van der Waals surface area contributed by atoms with Gasteiger partial charge in [-0.2, -0.15) is 0 Å². The summed E-state index contributed by atoms with van der Waals surface area (Å²) < 4.78 is 24.3. The maximum absolute atomic E-state index is 12.1. The van der Waals surface area contributed by atoms with E-state index in [9.17, 15) is 13.2 Å². The number of carbonyl (C=O) groups is 1. The molecule has 1 N–H and O–H groups in total. The molecule has 132 valence electrons. The van der Waals surface area contributed by atoms with Gasteiger partial charge in [0, 0.05) is 38.3 Å².